The molecular formula is C20H21N3O3S. The first-order chi connectivity index (χ1) is 12.8. The Hall–Kier alpha value is -2.54. The Labute approximate surface area is 161 Å². The molecule has 0 radical (unpaired) electrons. The molecule has 140 valence electrons. The molecule has 2 aromatic rings. The molecule has 7 heteroatoms. The third-order valence-corrected chi connectivity index (χ3v) is 5.68. The van der Waals surface area contributed by atoms with Gasteiger partial charge in [0, 0.05) is 23.6 Å². The number of hydrogen-bond acceptors (Lipinski definition) is 6. The van der Waals surface area contributed by atoms with E-state index >= 15 is 0 Å². The van der Waals surface area contributed by atoms with Crippen molar-refractivity contribution in [3.05, 3.63) is 57.0 Å². The lowest BCUT2D eigenvalue weighted by atomic mass is 9.69. The zero-order valence-corrected chi connectivity index (χ0v) is 16.2. The van der Waals surface area contributed by atoms with E-state index in [4.69, 9.17) is 0 Å². The van der Waals surface area contributed by atoms with Crippen LogP contribution in [0.25, 0.3) is 0 Å². The minimum absolute atomic E-state index is 0.0288. The van der Waals surface area contributed by atoms with Gasteiger partial charge in [-0.3, -0.25) is 9.59 Å². The summed E-state index contributed by atoms with van der Waals surface area (Å²) in [6.45, 7) is 4.13. The standard InChI is InChI=1S/C20H21N3O3S/c1-20(2)8-12-15(13(25)9-20)14(10-5-4-6-11(24)7-10)16-17(21-12)22-19(27-3)23-18(16)26/h4-7,14,24H,8-9H2,1-3H3,(H2,21,22,23,26). The SMILES string of the molecule is CSc1nc2c(c(=O)[nH]1)C(c1cccc(O)c1)C1=C(CC(C)(C)CC1=O)N2. The van der Waals surface area contributed by atoms with Crippen molar-refractivity contribution >= 4 is 23.4 Å². The molecule has 0 saturated heterocycles. The number of H-pyrrole nitrogens is 1. The van der Waals surface area contributed by atoms with Crippen LogP contribution in [-0.4, -0.2) is 27.1 Å². The Morgan fingerprint density at radius 1 is 1.26 bits per heavy atom. The van der Waals surface area contributed by atoms with Gasteiger partial charge < -0.3 is 15.4 Å². The molecule has 0 bridgehead atoms. The number of phenolic OH excluding ortho intramolecular Hbond substituents is 1. The number of aromatic nitrogens is 2. The number of benzene rings is 1. The number of fused-ring (bicyclic) bond motifs is 1. The van der Waals surface area contributed by atoms with Gasteiger partial charge in [0.25, 0.3) is 5.56 Å². The molecule has 27 heavy (non-hydrogen) atoms. The van der Waals surface area contributed by atoms with Crippen LogP contribution in [-0.2, 0) is 4.79 Å². The monoisotopic (exact) mass is 383 g/mol. The number of nitrogens with one attached hydrogen (secondary N) is 2. The van der Waals surface area contributed by atoms with Gasteiger partial charge in [0.05, 0.1) is 5.56 Å². The van der Waals surface area contributed by atoms with Gasteiger partial charge in [-0.25, -0.2) is 4.98 Å². The first-order valence-corrected chi connectivity index (χ1v) is 10.0. The molecule has 0 amide bonds. The summed E-state index contributed by atoms with van der Waals surface area (Å²) in [5, 5.41) is 13.8. The number of Topliss-reactive ketones (excluding diaryl/α,β-unsaturated/α-hetero) is 1. The number of phenols is 1. The first-order valence-electron chi connectivity index (χ1n) is 8.79. The van der Waals surface area contributed by atoms with E-state index < -0.39 is 5.92 Å². The summed E-state index contributed by atoms with van der Waals surface area (Å²) in [5.74, 6) is 0.0735. The number of aromatic hydroxyl groups is 1. The molecule has 4 rings (SSSR count). The lowest BCUT2D eigenvalue weighted by Gasteiger charge is -2.38. The maximum absolute atomic E-state index is 13.1. The lowest BCUT2D eigenvalue weighted by Crippen LogP contribution is -2.37. The van der Waals surface area contributed by atoms with Gasteiger partial charge in [-0.2, -0.15) is 0 Å². The summed E-state index contributed by atoms with van der Waals surface area (Å²) in [6.07, 6.45) is 2.97. The Morgan fingerprint density at radius 3 is 2.74 bits per heavy atom. The molecule has 0 fully saturated rings. The Bertz CT molecular complexity index is 1040. The molecule has 1 unspecified atom stereocenters. The number of anilines is 1. The molecule has 1 aromatic carbocycles. The quantitative estimate of drug-likeness (QED) is 0.543. The number of hydrogen-bond donors (Lipinski definition) is 3. The van der Waals surface area contributed by atoms with Gasteiger partial charge in [-0.05, 0) is 35.8 Å². The number of aromatic amines is 1. The summed E-state index contributed by atoms with van der Waals surface area (Å²) in [4.78, 5) is 33.3. The highest BCUT2D eigenvalue weighted by molar-refractivity contribution is 7.98. The molecule has 2 aliphatic rings. The summed E-state index contributed by atoms with van der Waals surface area (Å²) >= 11 is 1.36. The van der Waals surface area contributed by atoms with Gasteiger partial charge in [0.1, 0.15) is 11.6 Å². The zero-order chi connectivity index (χ0) is 19.3. The fraction of sp³-hybridized carbons (Fsp3) is 0.350. The largest absolute Gasteiger partial charge is 0.508 e. The Morgan fingerprint density at radius 2 is 2.04 bits per heavy atom. The van der Waals surface area contributed by atoms with Crippen LogP contribution in [0.15, 0.2) is 45.5 Å². The summed E-state index contributed by atoms with van der Waals surface area (Å²) in [5.41, 5.74) is 2.13. The van der Waals surface area contributed by atoms with Crippen molar-refractivity contribution in [1.82, 2.24) is 9.97 Å². The number of thioether (sulfide) groups is 1. The summed E-state index contributed by atoms with van der Waals surface area (Å²) in [7, 11) is 0. The fourth-order valence-corrected chi connectivity index (χ4v) is 4.40. The van der Waals surface area contributed by atoms with Crippen LogP contribution >= 0.6 is 11.8 Å². The number of nitrogens with zero attached hydrogens (tertiary/aromatic N) is 1. The molecule has 6 nitrogen and oxygen atoms in total. The normalized spacial score (nSPS) is 20.7. The van der Waals surface area contributed by atoms with Crippen molar-refractivity contribution in [2.24, 2.45) is 5.41 Å². The van der Waals surface area contributed by atoms with Crippen molar-refractivity contribution in [2.75, 3.05) is 11.6 Å². The number of carbonyl (C=O) groups is 1. The van der Waals surface area contributed by atoms with E-state index in [9.17, 15) is 14.7 Å². The predicted octanol–water partition coefficient (Wildman–Crippen LogP) is 3.40. The zero-order valence-electron chi connectivity index (χ0n) is 15.4. The van der Waals surface area contributed by atoms with E-state index in [1.807, 2.05) is 12.3 Å². The summed E-state index contributed by atoms with van der Waals surface area (Å²) < 4.78 is 0. The van der Waals surface area contributed by atoms with E-state index in [-0.39, 0.29) is 22.5 Å². The minimum atomic E-state index is -0.542. The highest BCUT2D eigenvalue weighted by Gasteiger charge is 2.42. The molecule has 1 aliphatic carbocycles. The smallest absolute Gasteiger partial charge is 0.257 e. The topological polar surface area (TPSA) is 95.1 Å². The Kier molecular flexibility index (Phi) is 4.14. The molecule has 0 saturated carbocycles. The molecule has 2 heterocycles. The van der Waals surface area contributed by atoms with Gasteiger partial charge in [-0.1, -0.05) is 37.7 Å². The van der Waals surface area contributed by atoms with E-state index in [1.54, 1.807) is 18.2 Å². The van der Waals surface area contributed by atoms with E-state index in [1.165, 1.54) is 11.8 Å². The van der Waals surface area contributed by atoms with Crippen molar-refractivity contribution in [1.29, 1.82) is 0 Å². The van der Waals surface area contributed by atoms with Crippen molar-refractivity contribution in [3.8, 4) is 5.75 Å². The summed E-state index contributed by atoms with van der Waals surface area (Å²) in [6, 6.07) is 6.74. The Balaban J connectivity index is 1.99. The molecule has 1 aliphatic heterocycles. The van der Waals surface area contributed by atoms with E-state index in [0.717, 1.165) is 5.70 Å². The van der Waals surface area contributed by atoms with Crippen LogP contribution in [0.4, 0.5) is 5.82 Å². The average Bonchev–Trinajstić information content (AvgIpc) is 2.58. The second-order valence-electron chi connectivity index (χ2n) is 7.82. The van der Waals surface area contributed by atoms with Gasteiger partial charge >= 0.3 is 0 Å². The van der Waals surface area contributed by atoms with Crippen LogP contribution in [0.2, 0.25) is 0 Å². The lowest BCUT2D eigenvalue weighted by molar-refractivity contribution is -0.118. The third kappa shape index (κ3) is 3.06. The number of carbonyl (C=O) groups excluding carboxylic acids is 1. The van der Waals surface area contributed by atoms with Crippen LogP contribution in [0.1, 0.15) is 43.7 Å². The average molecular weight is 383 g/mol. The van der Waals surface area contributed by atoms with Crippen molar-refractivity contribution < 1.29 is 9.90 Å². The van der Waals surface area contributed by atoms with E-state index in [0.29, 0.717) is 40.5 Å². The second kappa shape index (κ2) is 6.27. The third-order valence-electron chi connectivity index (χ3n) is 5.10. The van der Waals surface area contributed by atoms with Crippen molar-refractivity contribution in [2.45, 2.75) is 37.8 Å². The van der Waals surface area contributed by atoms with Crippen LogP contribution in [0, 0.1) is 5.41 Å². The number of ketones is 1. The highest BCUT2D eigenvalue weighted by Crippen LogP contribution is 2.47. The highest BCUT2D eigenvalue weighted by atomic mass is 32.2. The molecular weight excluding hydrogens is 362 g/mol. The maximum Gasteiger partial charge on any atom is 0.257 e. The van der Waals surface area contributed by atoms with Crippen LogP contribution < -0.4 is 10.9 Å². The molecule has 1 aromatic heterocycles. The van der Waals surface area contributed by atoms with Crippen LogP contribution in [0.3, 0.4) is 0 Å². The first kappa shape index (κ1) is 17.9. The van der Waals surface area contributed by atoms with E-state index in [2.05, 4.69) is 29.1 Å². The maximum atomic E-state index is 13.1. The number of rotatable bonds is 2. The van der Waals surface area contributed by atoms with Gasteiger partial charge in [-0.15, -0.1) is 0 Å². The number of allylic oxidation sites excluding steroid dienone is 2. The van der Waals surface area contributed by atoms with Crippen molar-refractivity contribution in [3.63, 3.8) is 0 Å². The van der Waals surface area contributed by atoms with Gasteiger partial charge in [0.2, 0.25) is 0 Å². The molecule has 3 N–H and O–H groups in total. The molecule has 1 atom stereocenters. The minimum Gasteiger partial charge on any atom is -0.508 e. The van der Waals surface area contributed by atoms with Gasteiger partial charge in [0.15, 0.2) is 10.9 Å². The molecule has 0 spiro atoms. The predicted molar refractivity (Wildman–Crippen MR) is 105 cm³/mol. The second-order valence-corrected chi connectivity index (χ2v) is 8.62. The fourth-order valence-electron chi connectivity index (χ4n) is 4.03. The van der Waals surface area contributed by atoms with Crippen LogP contribution in [0.5, 0.6) is 5.75 Å².